The van der Waals surface area contributed by atoms with Crippen molar-refractivity contribution in [2.75, 3.05) is 0 Å². The highest BCUT2D eigenvalue weighted by Crippen LogP contribution is 2.35. The van der Waals surface area contributed by atoms with Gasteiger partial charge in [0.1, 0.15) is 0 Å². The van der Waals surface area contributed by atoms with E-state index in [1.54, 1.807) is 23.9 Å². The molecule has 0 fully saturated rings. The standard InChI is InChI=1S/C13H16N2O3S/c1-3-8(2)19-7-11-14-13(18-15-11)9-5-4-6-10(16)12(9)17/h4-6,8,16-17H,3,7H2,1-2H3. The molecule has 0 aliphatic rings. The molecule has 1 heterocycles. The van der Waals surface area contributed by atoms with Gasteiger partial charge in [0.2, 0.25) is 0 Å². The third-order valence-corrected chi connectivity index (χ3v) is 4.11. The normalized spacial score (nSPS) is 12.5. The molecule has 0 aliphatic heterocycles. The average molecular weight is 280 g/mol. The van der Waals surface area contributed by atoms with Gasteiger partial charge in [-0.3, -0.25) is 0 Å². The van der Waals surface area contributed by atoms with E-state index >= 15 is 0 Å². The van der Waals surface area contributed by atoms with Crippen molar-refractivity contribution in [2.45, 2.75) is 31.3 Å². The number of hydrogen-bond acceptors (Lipinski definition) is 6. The number of para-hydroxylation sites is 1. The highest BCUT2D eigenvalue weighted by atomic mass is 32.2. The molecule has 19 heavy (non-hydrogen) atoms. The minimum absolute atomic E-state index is 0.203. The minimum Gasteiger partial charge on any atom is -0.504 e. The van der Waals surface area contributed by atoms with Crippen LogP contribution in [0, 0.1) is 0 Å². The lowest BCUT2D eigenvalue weighted by Crippen LogP contribution is -1.94. The van der Waals surface area contributed by atoms with Gasteiger partial charge in [-0.15, -0.1) is 0 Å². The Labute approximate surface area is 115 Å². The Bertz CT molecular complexity index is 557. The van der Waals surface area contributed by atoms with Crippen LogP contribution in [0.25, 0.3) is 11.5 Å². The molecule has 1 aromatic heterocycles. The smallest absolute Gasteiger partial charge is 0.261 e. The van der Waals surface area contributed by atoms with Gasteiger partial charge in [-0.25, -0.2) is 0 Å². The molecule has 0 radical (unpaired) electrons. The van der Waals surface area contributed by atoms with Gasteiger partial charge in [0.15, 0.2) is 17.3 Å². The van der Waals surface area contributed by atoms with Gasteiger partial charge in [-0.2, -0.15) is 16.7 Å². The van der Waals surface area contributed by atoms with Crippen LogP contribution in [-0.4, -0.2) is 25.6 Å². The number of nitrogens with zero attached hydrogens (tertiary/aromatic N) is 2. The number of rotatable bonds is 5. The molecular weight excluding hydrogens is 264 g/mol. The summed E-state index contributed by atoms with van der Waals surface area (Å²) in [6.07, 6.45) is 1.09. The first-order valence-corrected chi connectivity index (χ1v) is 7.12. The van der Waals surface area contributed by atoms with Crippen LogP contribution in [0.5, 0.6) is 11.5 Å². The van der Waals surface area contributed by atoms with Gasteiger partial charge in [-0.05, 0) is 18.6 Å². The maximum Gasteiger partial charge on any atom is 0.261 e. The van der Waals surface area contributed by atoms with Crippen molar-refractivity contribution in [1.29, 1.82) is 0 Å². The van der Waals surface area contributed by atoms with Crippen LogP contribution in [0.1, 0.15) is 26.1 Å². The van der Waals surface area contributed by atoms with E-state index in [0.717, 1.165) is 6.42 Å². The fraction of sp³-hybridized carbons (Fsp3) is 0.385. The molecule has 0 bridgehead atoms. The van der Waals surface area contributed by atoms with Crippen LogP contribution in [0.3, 0.4) is 0 Å². The Morgan fingerprint density at radius 1 is 1.37 bits per heavy atom. The number of aromatic hydroxyl groups is 2. The summed E-state index contributed by atoms with van der Waals surface area (Å²) in [4.78, 5) is 4.22. The average Bonchev–Trinajstić information content (AvgIpc) is 2.87. The topological polar surface area (TPSA) is 79.4 Å². The fourth-order valence-electron chi connectivity index (χ4n) is 1.46. The van der Waals surface area contributed by atoms with Crippen molar-refractivity contribution >= 4 is 11.8 Å². The number of hydrogen-bond donors (Lipinski definition) is 2. The SMILES string of the molecule is CCC(C)SCc1noc(-c2cccc(O)c2O)n1. The predicted octanol–water partition coefficient (Wildman–Crippen LogP) is 3.18. The maximum atomic E-state index is 9.73. The summed E-state index contributed by atoms with van der Waals surface area (Å²) in [6.45, 7) is 4.27. The third kappa shape index (κ3) is 3.20. The van der Waals surface area contributed by atoms with Gasteiger partial charge >= 0.3 is 0 Å². The van der Waals surface area contributed by atoms with Crippen molar-refractivity contribution in [3.8, 4) is 23.0 Å². The first kappa shape index (κ1) is 13.7. The van der Waals surface area contributed by atoms with Crippen molar-refractivity contribution in [3.63, 3.8) is 0 Å². The van der Waals surface area contributed by atoms with Gasteiger partial charge in [0, 0.05) is 5.25 Å². The molecule has 5 nitrogen and oxygen atoms in total. The summed E-state index contributed by atoms with van der Waals surface area (Å²) in [7, 11) is 0. The summed E-state index contributed by atoms with van der Waals surface area (Å²) in [5.74, 6) is 1.02. The molecule has 1 atom stereocenters. The molecule has 0 aliphatic carbocycles. The first-order valence-electron chi connectivity index (χ1n) is 6.07. The number of phenolic OH excluding ortho intramolecular Hbond substituents is 2. The van der Waals surface area contributed by atoms with Crippen LogP contribution < -0.4 is 0 Å². The highest BCUT2D eigenvalue weighted by Gasteiger charge is 2.15. The van der Waals surface area contributed by atoms with Crippen molar-refractivity contribution in [2.24, 2.45) is 0 Å². The van der Waals surface area contributed by atoms with Crippen LogP contribution in [0.2, 0.25) is 0 Å². The summed E-state index contributed by atoms with van der Waals surface area (Å²) in [6, 6.07) is 4.63. The third-order valence-electron chi connectivity index (χ3n) is 2.79. The zero-order valence-electron chi connectivity index (χ0n) is 10.8. The molecule has 0 saturated carbocycles. The lowest BCUT2D eigenvalue weighted by molar-refractivity contribution is 0.396. The Kier molecular flexibility index (Phi) is 4.31. The van der Waals surface area contributed by atoms with E-state index in [9.17, 15) is 10.2 Å². The van der Waals surface area contributed by atoms with Gasteiger partial charge in [0.25, 0.3) is 5.89 Å². The number of thioether (sulfide) groups is 1. The molecule has 1 unspecified atom stereocenters. The predicted molar refractivity (Wildman–Crippen MR) is 74.1 cm³/mol. The summed E-state index contributed by atoms with van der Waals surface area (Å²) >= 11 is 1.75. The lowest BCUT2D eigenvalue weighted by atomic mass is 10.2. The Hall–Kier alpha value is -1.69. The Morgan fingerprint density at radius 2 is 2.16 bits per heavy atom. The molecule has 0 spiro atoms. The zero-order valence-corrected chi connectivity index (χ0v) is 11.6. The summed E-state index contributed by atoms with van der Waals surface area (Å²) < 4.78 is 5.11. The van der Waals surface area contributed by atoms with E-state index in [4.69, 9.17) is 4.52 Å². The first-order chi connectivity index (χ1) is 9.11. The molecule has 2 aromatic rings. The molecule has 0 saturated heterocycles. The van der Waals surface area contributed by atoms with E-state index < -0.39 is 0 Å². The Morgan fingerprint density at radius 3 is 2.89 bits per heavy atom. The molecule has 2 rings (SSSR count). The van der Waals surface area contributed by atoms with E-state index in [-0.39, 0.29) is 17.4 Å². The maximum absolute atomic E-state index is 9.73. The molecule has 0 amide bonds. The van der Waals surface area contributed by atoms with Crippen LogP contribution in [0.4, 0.5) is 0 Å². The second-order valence-corrected chi connectivity index (χ2v) is 5.65. The monoisotopic (exact) mass is 280 g/mol. The largest absolute Gasteiger partial charge is 0.504 e. The van der Waals surface area contributed by atoms with E-state index in [1.165, 1.54) is 6.07 Å². The van der Waals surface area contributed by atoms with E-state index in [0.29, 0.717) is 22.4 Å². The number of aromatic nitrogens is 2. The molecule has 102 valence electrons. The van der Waals surface area contributed by atoms with E-state index in [2.05, 4.69) is 24.0 Å². The Balaban J connectivity index is 2.14. The molecular formula is C13H16N2O3S. The van der Waals surface area contributed by atoms with Crippen molar-refractivity contribution < 1.29 is 14.7 Å². The van der Waals surface area contributed by atoms with Crippen LogP contribution in [-0.2, 0) is 5.75 Å². The quantitative estimate of drug-likeness (QED) is 0.819. The summed E-state index contributed by atoms with van der Waals surface area (Å²) in [5, 5.41) is 23.6. The van der Waals surface area contributed by atoms with Gasteiger partial charge in [-0.1, -0.05) is 25.1 Å². The van der Waals surface area contributed by atoms with E-state index in [1.807, 2.05) is 0 Å². The molecule has 6 heteroatoms. The minimum atomic E-state index is -0.243. The highest BCUT2D eigenvalue weighted by molar-refractivity contribution is 7.99. The lowest BCUT2D eigenvalue weighted by Gasteiger charge is -2.04. The van der Waals surface area contributed by atoms with Crippen molar-refractivity contribution in [3.05, 3.63) is 24.0 Å². The molecule has 1 aromatic carbocycles. The summed E-state index contributed by atoms with van der Waals surface area (Å²) in [5.41, 5.74) is 0.340. The molecule has 2 N–H and O–H groups in total. The van der Waals surface area contributed by atoms with Gasteiger partial charge < -0.3 is 14.7 Å². The van der Waals surface area contributed by atoms with Crippen molar-refractivity contribution in [1.82, 2.24) is 10.1 Å². The van der Waals surface area contributed by atoms with Crippen LogP contribution >= 0.6 is 11.8 Å². The second kappa shape index (κ2) is 5.97. The van der Waals surface area contributed by atoms with Crippen LogP contribution in [0.15, 0.2) is 22.7 Å². The fourth-order valence-corrected chi connectivity index (χ4v) is 2.25. The number of benzene rings is 1. The van der Waals surface area contributed by atoms with Gasteiger partial charge in [0.05, 0.1) is 11.3 Å². The second-order valence-electron chi connectivity index (χ2n) is 4.22. The zero-order chi connectivity index (χ0) is 13.8. The number of phenols is 2.